The Morgan fingerprint density at radius 3 is 2.58 bits per heavy atom. The molecule has 2 heterocycles. The molecule has 2 rings (SSSR count). The normalized spacial score (nSPS) is 23.9. The highest BCUT2D eigenvalue weighted by atomic mass is 79.9. The number of piperidine rings is 1. The smallest absolute Gasteiger partial charge is 0.252 e. The predicted molar refractivity (Wildman–Crippen MR) is 84.4 cm³/mol. The Morgan fingerprint density at radius 1 is 1.47 bits per heavy atom. The van der Waals surface area contributed by atoms with Crippen LogP contribution in [0.2, 0.25) is 0 Å². The summed E-state index contributed by atoms with van der Waals surface area (Å²) in [6.45, 7) is 5.02. The Labute approximate surface area is 133 Å². The van der Waals surface area contributed by atoms with Gasteiger partial charge in [0.2, 0.25) is 0 Å². The highest BCUT2D eigenvalue weighted by molar-refractivity contribution is 9.11. The van der Waals surface area contributed by atoms with Gasteiger partial charge < -0.3 is 5.73 Å². The number of nitrogens with zero attached hydrogens (tertiary/aromatic N) is 1. The first-order valence-electron chi connectivity index (χ1n) is 5.74. The first-order chi connectivity index (χ1) is 8.23. The van der Waals surface area contributed by atoms with Crippen molar-refractivity contribution in [2.24, 2.45) is 11.1 Å². The van der Waals surface area contributed by atoms with Crippen LogP contribution in [-0.2, 0) is 10.0 Å². The van der Waals surface area contributed by atoms with Crippen molar-refractivity contribution in [3.05, 3.63) is 15.9 Å². The summed E-state index contributed by atoms with van der Waals surface area (Å²) in [5.74, 6) is 0. The number of halogens is 2. The molecule has 0 amide bonds. The molecule has 1 aromatic rings. The molecule has 2 N–H and O–H groups in total. The average Bonchev–Trinajstić information content (AvgIpc) is 2.69. The summed E-state index contributed by atoms with van der Waals surface area (Å²) in [5, 5.41) is 0. The number of rotatable bonds is 2. The third-order valence-electron chi connectivity index (χ3n) is 3.42. The van der Waals surface area contributed by atoms with Crippen LogP contribution in [0.1, 0.15) is 20.3 Å². The summed E-state index contributed by atoms with van der Waals surface area (Å²) in [7, 11) is -3.37. The topological polar surface area (TPSA) is 63.4 Å². The molecule has 0 saturated carbocycles. The fraction of sp³-hybridized carbons (Fsp3) is 0.636. The van der Waals surface area contributed by atoms with Crippen LogP contribution in [0.4, 0.5) is 0 Å². The van der Waals surface area contributed by atoms with Gasteiger partial charge in [-0.2, -0.15) is 4.31 Å². The van der Waals surface area contributed by atoms with Gasteiger partial charge in [-0.15, -0.1) is 23.7 Å². The molecule has 0 spiro atoms. The van der Waals surface area contributed by atoms with E-state index in [-0.39, 0.29) is 23.9 Å². The highest BCUT2D eigenvalue weighted by Crippen LogP contribution is 2.34. The van der Waals surface area contributed by atoms with E-state index in [0.717, 1.165) is 3.79 Å². The van der Waals surface area contributed by atoms with E-state index in [0.29, 0.717) is 23.7 Å². The van der Waals surface area contributed by atoms with E-state index >= 15 is 0 Å². The van der Waals surface area contributed by atoms with Gasteiger partial charge in [0.05, 0.1) is 3.79 Å². The molecular formula is C11H18BrClN2O2S2. The van der Waals surface area contributed by atoms with E-state index in [1.54, 1.807) is 16.4 Å². The van der Waals surface area contributed by atoms with Crippen LogP contribution in [0.3, 0.4) is 0 Å². The summed E-state index contributed by atoms with van der Waals surface area (Å²) in [4.78, 5) is 0. The Bertz CT molecular complexity index is 545. The van der Waals surface area contributed by atoms with Crippen LogP contribution < -0.4 is 5.73 Å². The van der Waals surface area contributed by atoms with Crippen molar-refractivity contribution in [1.29, 1.82) is 0 Å². The van der Waals surface area contributed by atoms with Crippen molar-refractivity contribution < 1.29 is 8.42 Å². The Morgan fingerprint density at radius 2 is 2.11 bits per heavy atom. The summed E-state index contributed by atoms with van der Waals surface area (Å²) >= 11 is 4.54. The van der Waals surface area contributed by atoms with Gasteiger partial charge in [-0.3, -0.25) is 0 Å². The zero-order valence-electron chi connectivity index (χ0n) is 10.8. The molecule has 1 aromatic heterocycles. The lowest BCUT2D eigenvalue weighted by molar-refractivity contribution is 0.156. The van der Waals surface area contributed by atoms with E-state index in [2.05, 4.69) is 15.9 Å². The maximum absolute atomic E-state index is 12.5. The van der Waals surface area contributed by atoms with Crippen LogP contribution in [0, 0.1) is 5.41 Å². The number of thiophene rings is 1. The Balaban J connectivity index is 0.00000180. The molecule has 19 heavy (non-hydrogen) atoms. The maximum Gasteiger partial charge on any atom is 0.252 e. The van der Waals surface area contributed by atoms with Crippen molar-refractivity contribution in [1.82, 2.24) is 4.31 Å². The van der Waals surface area contributed by atoms with Gasteiger partial charge in [-0.25, -0.2) is 8.42 Å². The molecule has 1 atom stereocenters. The number of hydrogen-bond acceptors (Lipinski definition) is 4. The minimum atomic E-state index is -3.37. The van der Waals surface area contributed by atoms with E-state index in [4.69, 9.17) is 5.73 Å². The molecule has 4 nitrogen and oxygen atoms in total. The van der Waals surface area contributed by atoms with Crippen LogP contribution in [0.5, 0.6) is 0 Å². The highest BCUT2D eigenvalue weighted by Gasteiger charge is 2.39. The molecular weight excluding hydrogens is 372 g/mol. The molecule has 1 aliphatic rings. The van der Waals surface area contributed by atoms with Gasteiger partial charge in [-0.1, -0.05) is 13.8 Å². The SMILES string of the molecule is CC1(C)CN(S(=O)(=O)c2ccc(Br)s2)CCC1N.Cl. The number of hydrogen-bond donors (Lipinski definition) is 1. The lowest BCUT2D eigenvalue weighted by Crippen LogP contribution is -2.53. The van der Waals surface area contributed by atoms with Crippen molar-refractivity contribution in [3.63, 3.8) is 0 Å². The van der Waals surface area contributed by atoms with E-state index in [1.807, 2.05) is 13.8 Å². The van der Waals surface area contributed by atoms with Crippen molar-refractivity contribution >= 4 is 49.7 Å². The molecule has 110 valence electrons. The summed E-state index contributed by atoms with van der Waals surface area (Å²) < 4.78 is 27.7. The third-order valence-corrected chi connectivity index (χ3v) is 7.36. The van der Waals surface area contributed by atoms with Crippen molar-refractivity contribution in [2.45, 2.75) is 30.5 Å². The molecule has 1 unspecified atom stereocenters. The lowest BCUT2D eigenvalue weighted by atomic mass is 9.81. The van der Waals surface area contributed by atoms with E-state index in [1.165, 1.54) is 11.3 Å². The molecule has 0 radical (unpaired) electrons. The largest absolute Gasteiger partial charge is 0.327 e. The second kappa shape index (κ2) is 5.99. The molecule has 0 aromatic carbocycles. The third kappa shape index (κ3) is 3.51. The summed E-state index contributed by atoms with van der Waals surface area (Å²) in [5.41, 5.74) is 5.85. The molecule has 1 saturated heterocycles. The van der Waals surface area contributed by atoms with E-state index in [9.17, 15) is 8.42 Å². The maximum atomic E-state index is 12.5. The predicted octanol–water partition coefficient (Wildman–Crippen LogP) is 2.68. The second-order valence-corrected chi connectivity index (χ2v) is 9.91. The number of nitrogens with two attached hydrogens (primary N) is 1. The van der Waals surface area contributed by atoms with Crippen LogP contribution in [0.25, 0.3) is 0 Å². The minimum absolute atomic E-state index is 0. The summed E-state index contributed by atoms with van der Waals surface area (Å²) in [6.07, 6.45) is 0.707. The molecule has 1 fully saturated rings. The second-order valence-electron chi connectivity index (χ2n) is 5.28. The first kappa shape index (κ1) is 17.4. The van der Waals surface area contributed by atoms with Crippen LogP contribution >= 0.6 is 39.7 Å². The zero-order chi connectivity index (χ0) is 13.6. The van der Waals surface area contributed by atoms with Gasteiger partial charge in [-0.05, 0) is 39.9 Å². The average molecular weight is 390 g/mol. The Kier molecular flexibility index (Phi) is 5.48. The minimum Gasteiger partial charge on any atom is -0.327 e. The monoisotopic (exact) mass is 388 g/mol. The van der Waals surface area contributed by atoms with Crippen LogP contribution in [-0.4, -0.2) is 31.9 Å². The fourth-order valence-corrected chi connectivity index (χ4v) is 5.88. The standard InChI is InChI=1S/C11H17BrN2O2S2.ClH/c1-11(2)7-14(6-5-8(11)13)18(15,16)10-4-3-9(12)17-10;/h3-4,8H,5-7,13H2,1-2H3;1H. The van der Waals surface area contributed by atoms with Crippen molar-refractivity contribution in [2.75, 3.05) is 13.1 Å². The fourth-order valence-electron chi connectivity index (χ4n) is 2.09. The zero-order valence-corrected chi connectivity index (χ0v) is 14.8. The molecule has 0 aliphatic carbocycles. The first-order valence-corrected chi connectivity index (χ1v) is 8.79. The van der Waals surface area contributed by atoms with Gasteiger partial charge in [0.1, 0.15) is 4.21 Å². The van der Waals surface area contributed by atoms with Gasteiger partial charge >= 0.3 is 0 Å². The lowest BCUT2D eigenvalue weighted by Gasteiger charge is -2.41. The molecule has 8 heteroatoms. The molecule has 1 aliphatic heterocycles. The quantitative estimate of drug-likeness (QED) is 0.846. The van der Waals surface area contributed by atoms with Crippen molar-refractivity contribution in [3.8, 4) is 0 Å². The van der Waals surface area contributed by atoms with Gasteiger partial charge in [0.15, 0.2) is 0 Å². The van der Waals surface area contributed by atoms with E-state index < -0.39 is 10.0 Å². The molecule has 0 bridgehead atoms. The number of sulfonamides is 1. The summed E-state index contributed by atoms with van der Waals surface area (Å²) in [6, 6.07) is 3.46. The van der Waals surface area contributed by atoms with Crippen LogP contribution in [0.15, 0.2) is 20.1 Å². The Hall–Kier alpha value is 0.340. The van der Waals surface area contributed by atoms with Gasteiger partial charge in [0.25, 0.3) is 10.0 Å². The van der Waals surface area contributed by atoms with Gasteiger partial charge in [0, 0.05) is 19.1 Å².